The number of benzene rings is 1. The molecule has 0 saturated heterocycles. The van der Waals surface area contributed by atoms with Crippen LogP contribution in [0.1, 0.15) is 43.6 Å². The fourth-order valence-corrected chi connectivity index (χ4v) is 3.34. The molecule has 1 fully saturated rings. The van der Waals surface area contributed by atoms with E-state index in [4.69, 9.17) is 9.47 Å². The Morgan fingerprint density at radius 3 is 2.38 bits per heavy atom. The maximum absolute atomic E-state index is 5.23. The molecule has 0 radical (unpaired) electrons. The number of ether oxygens (including phenoxy) is 2. The Balaban J connectivity index is 2.03. The Morgan fingerprint density at radius 2 is 1.86 bits per heavy atom. The first-order chi connectivity index (χ1) is 10.2. The minimum absolute atomic E-state index is 0.237. The maximum atomic E-state index is 5.23. The molecule has 21 heavy (non-hydrogen) atoms. The third-order valence-corrected chi connectivity index (χ3v) is 4.68. The molecule has 1 saturated carbocycles. The summed E-state index contributed by atoms with van der Waals surface area (Å²) < 4.78 is 10.4. The van der Waals surface area contributed by atoms with Crippen molar-refractivity contribution in [2.24, 2.45) is 5.41 Å². The molecular formula is C19H26O2. The first-order valence-electron chi connectivity index (χ1n) is 7.68. The fourth-order valence-electron chi connectivity index (χ4n) is 3.34. The van der Waals surface area contributed by atoms with Crippen molar-refractivity contribution in [3.63, 3.8) is 0 Å². The maximum Gasteiger partial charge on any atom is 0.118 e. The summed E-state index contributed by atoms with van der Waals surface area (Å²) >= 11 is 0. The van der Waals surface area contributed by atoms with E-state index < -0.39 is 0 Å². The van der Waals surface area contributed by atoms with Crippen molar-refractivity contribution in [1.82, 2.24) is 0 Å². The molecular weight excluding hydrogens is 260 g/mol. The average molecular weight is 286 g/mol. The van der Waals surface area contributed by atoms with E-state index in [-0.39, 0.29) is 5.41 Å². The van der Waals surface area contributed by atoms with Crippen molar-refractivity contribution in [3.05, 3.63) is 54.8 Å². The Kier molecular flexibility index (Phi) is 5.49. The zero-order valence-electron chi connectivity index (χ0n) is 13.2. The predicted octanol–water partition coefficient (Wildman–Crippen LogP) is 5.08. The second-order valence-electron chi connectivity index (χ2n) is 5.94. The Bertz CT molecular complexity index is 465. The molecule has 0 bridgehead atoms. The highest BCUT2D eigenvalue weighted by Crippen LogP contribution is 2.46. The second-order valence-corrected chi connectivity index (χ2v) is 5.94. The van der Waals surface area contributed by atoms with Gasteiger partial charge in [0.25, 0.3) is 0 Å². The summed E-state index contributed by atoms with van der Waals surface area (Å²) in [6.45, 7) is 3.92. The predicted molar refractivity (Wildman–Crippen MR) is 87.6 cm³/mol. The lowest BCUT2D eigenvalue weighted by Crippen LogP contribution is -2.24. The van der Waals surface area contributed by atoms with Gasteiger partial charge in [-0.15, -0.1) is 6.58 Å². The molecule has 1 aliphatic rings. The van der Waals surface area contributed by atoms with Gasteiger partial charge >= 0.3 is 0 Å². The van der Waals surface area contributed by atoms with Gasteiger partial charge in [-0.25, -0.2) is 0 Å². The van der Waals surface area contributed by atoms with Gasteiger partial charge in [-0.2, -0.15) is 0 Å². The van der Waals surface area contributed by atoms with Gasteiger partial charge in [0, 0.05) is 0 Å². The van der Waals surface area contributed by atoms with Gasteiger partial charge in [-0.3, -0.25) is 0 Å². The van der Waals surface area contributed by atoms with Crippen LogP contribution in [0, 0.1) is 5.41 Å². The Morgan fingerprint density at radius 1 is 1.19 bits per heavy atom. The van der Waals surface area contributed by atoms with Crippen molar-refractivity contribution >= 4 is 0 Å². The van der Waals surface area contributed by atoms with E-state index in [1.165, 1.54) is 31.2 Å². The Labute approximate surface area is 128 Å². The lowest BCUT2D eigenvalue weighted by Gasteiger charge is -2.37. The number of hydrogen-bond donors (Lipinski definition) is 0. The zero-order valence-corrected chi connectivity index (χ0v) is 13.2. The van der Waals surface area contributed by atoms with Crippen molar-refractivity contribution in [3.8, 4) is 5.75 Å². The van der Waals surface area contributed by atoms with Crippen molar-refractivity contribution in [2.75, 3.05) is 14.2 Å². The van der Waals surface area contributed by atoms with E-state index in [1.54, 1.807) is 14.2 Å². The molecule has 0 aromatic heterocycles. The molecule has 1 aromatic rings. The molecule has 2 rings (SSSR count). The zero-order chi connectivity index (χ0) is 15.1. The lowest BCUT2D eigenvalue weighted by molar-refractivity contribution is 0.229. The van der Waals surface area contributed by atoms with Crippen LogP contribution in [-0.4, -0.2) is 14.2 Å². The van der Waals surface area contributed by atoms with Crippen LogP contribution in [0.3, 0.4) is 0 Å². The third-order valence-electron chi connectivity index (χ3n) is 4.68. The molecule has 0 heterocycles. The van der Waals surface area contributed by atoms with Crippen molar-refractivity contribution in [2.45, 2.75) is 38.0 Å². The van der Waals surface area contributed by atoms with Crippen LogP contribution in [0.5, 0.6) is 5.75 Å². The molecule has 1 aromatic carbocycles. The molecule has 0 N–H and O–H groups in total. The molecule has 0 amide bonds. The van der Waals surface area contributed by atoms with Gasteiger partial charge in [0.2, 0.25) is 0 Å². The van der Waals surface area contributed by atoms with Crippen molar-refractivity contribution in [1.29, 1.82) is 0 Å². The average Bonchev–Trinajstić information content (AvgIpc) is 2.54. The lowest BCUT2D eigenvalue weighted by atomic mass is 9.67. The quantitative estimate of drug-likeness (QED) is 0.536. The van der Waals surface area contributed by atoms with Gasteiger partial charge in [-0.05, 0) is 67.2 Å². The van der Waals surface area contributed by atoms with Crippen LogP contribution in [0.2, 0.25) is 0 Å². The summed E-state index contributed by atoms with van der Waals surface area (Å²) in [4.78, 5) is 0. The summed E-state index contributed by atoms with van der Waals surface area (Å²) in [5.41, 5.74) is 1.67. The summed E-state index contributed by atoms with van der Waals surface area (Å²) in [5, 5.41) is 0. The summed E-state index contributed by atoms with van der Waals surface area (Å²) in [6.07, 6.45) is 11.9. The molecule has 0 unspecified atom stereocenters. The molecule has 2 heteroatoms. The number of hydrogen-bond acceptors (Lipinski definition) is 2. The fraction of sp³-hybridized carbons (Fsp3) is 0.474. The van der Waals surface area contributed by atoms with E-state index in [2.05, 4.69) is 36.9 Å². The smallest absolute Gasteiger partial charge is 0.118 e. The van der Waals surface area contributed by atoms with Gasteiger partial charge in [0.1, 0.15) is 5.75 Å². The highest BCUT2D eigenvalue weighted by molar-refractivity contribution is 5.30. The summed E-state index contributed by atoms with van der Waals surface area (Å²) in [5.74, 6) is 1.59. The topological polar surface area (TPSA) is 18.5 Å². The number of allylic oxidation sites excluding steroid dienone is 2. The molecule has 0 atom stereocenters. The third kappa shape index (κ3) is 3.90. The van der Waals surface area contributed by atoms with Gasteiger partial charge in [-0.1, -0.05) is 18.2 Å². The van der Waals surface area contributed by atoms with E-state index in [0.29, 0.717) is 5.92 Å². The van der Waals surface area contributed by atoms with Gasteiger partial charge < -0.3 is 9.47 Å². The highest BCUT2D eigenvalue weighted by Gasteiger charge is 2.32. The van der Waals surface area contributed by atoms with Crippen LogP contribution in [0.25, 0.3) is 0 Å². The molecule has 0 aliphatic heterocycles. The number of methoxy groups -OCH3 is 2. The van der Waals surface area contributed by atoms with E-state index in [1.807, 2.05) is 12.3 Å². The minimum Gasteiger partial charge on any atom is -0.505 e. The van der Waals surface area contributed by atoms with E-state index >= 15 is 0 Å². The highest BCUT2D eigenvalue weighted by atomic mass is 16.5. The van der Waals surface area contributed by atoms with Crippen LogP contribution in [0.15, 0.2) is 49.3 Å². The largest absolute Gasteiger partial charge is 0.505 e. The standard InChI is InChI=1S/C19H26O2/c1-4-11-19(14-15-20-2)12-9-17(10-13-19)16-5-7-18(21-3)8-6-16/h4-8,14-15,17H,1,9-13H2,2-3H3/b15-14+. The van der Waals surface area contributed by atoms with Gasteiger partial charge in [0.05, 0.1) is 20.5 Å². The molecule has 1 aliphatic carbocycles. The second kappa shape index (κ2) is 7.35. The Hall–Kier alpha value is -1.70. The van der Waals surface area contributed by atoms with Crippen LogP contribution in [-0.2, 0) is 4.74 Å². The molecule has 2 nitrogen and oxygen atoms in total. The minimum atomic E-state index is 0.237. The SMILES string of the molecule is C=CCC1(/C=C/OC)CCC(c2ccc(OC)cc2)CC1. The molecule has 0 spiro atoms. The first kappa shape index (κ1) is 15.7. The summed E-state index contributed by atoms with van der Waals surface area (Å²) in [6, 6.07) is 8.53. The van der Waals surface area contributed by atoms with Crippen LogP contribution in [0.4, 0.5) is 0 Å². The van der Waals surface area contributed by atoms with E-state index in [0.717, 1.165) is 12.2 Å². The van der Waals surface area contributed by atoms with E-state index in [9.17, 15) is 0 Å². The monoisotopic (exact) mass is 286 g/mol. The van der Waals surface area contributed by atoms with Crippen molar-refractivity contribution < 1.29 is 9.47 Å². The summed E-state index contributed by atoms with van der Waals surface area (Å²) in [7, 11) is 3.42. The van der Waals surface area contributed by atoms with Gasteiger partial charge in [0.15, 0.2) is 0 Å². The van der Waals surface area contributed by atoms with Crippen LogP contribution >= 0.6 is 0 Å². The molecule has 114 valence electrons. The van der Waals surface area contributed by atoms with Crippen LogP contribution < -0.4 is 4.74 Å². The normalized spacial score (nSPS) is 25.7. The first-order valence-corrected chi connectivity index (χ1v) is 7.68. The number of rotatable bonds is 6.